The number of fused-ring (bicyclic) bond motifs is 1. The van der Waals surface area contributed by atoms with Crippen LogP contribution in [0.15, 0.2) is 84.0 Å². The molecule has 0 bridgehead atoms. The van der Waals surface area contributed by atoms with E-state index in [0.29, 0.717) is 23.1 Å². The van der Waals surface area contributed by atoms with Crippen molar-refractivity contribution in [1.29, 1.82) is 0 Å². The van der Waals surface area contributed by atoms with Crippen LogP contribution in [0.4, 0.5) is 16.3 Å². The lowest BCUT2D eigenvalue weighted by atomic mass is 9.84. The summed E-state index contributed by atoms with van der Waals surface area (Å²) in [5, 5.41) is 2.85. The molecule has 2 aliphatic carbocycles. The van der Waals surface area contributed by atoms with E-state index in [1.54, 1.807) is 33.8 Å². The lowest BCUT2D eigenvalue weighted by Gasteiger charge is -2.28. The number of nitrogen functional groups attached to an aromatic ring is 1. The zero-order valence-electron chi connectivity index (χ0n) is 25.8. The molecule has 1 aromatic heterocycles. The van der Waals surface area contributed by atoms with Crippen molar-refractivity contribution in [2.24, 2.45) is 5.92 Å². The quantitative estimate of drug-likeness (QED) is 0.281. The molecule has 0 fully saturated rings. The number of anilines is 2. The van der Waals surface area contributed by atoms with Crippen molar-refractivity contribution in [2.75, 3.05) is 18.1 Å². The summed E-state index contributed by atoms with van der Waals surface area (Å²) in [4.78, 5) is 31.7. The molecule has 2 aromatic rings. The summed E-state index contributed by atoms with van der Waals surface area (Å²) in [5.74, 6) is 6.90. The largest absolute Gasteiger partial charge is 0.444 e. The Morgan fingerprint density at radius 3 is 2.65 bits per heavy atom. The topological polar surface area (TPSA) is 97.6 Å². The van der Waals surface area contributed by atoms with Crippen molar-refractivity contribution >= 4 is 35.2 Å². The number of amides is 2. The summed E-state index contributed by atoms with van der Waals surface area (Å²) in [6.45, 7) is 9.06. The highest BCUT2D eigenvalue weighted by atomic mass is 16.6. The van der Waals surface area contributed by atoms with Crippen LogP contribution in [0, 0.1) is 17.8 Å². The van der Waals surface area contributed by atoms with Crippen LogP contribution in [0.3, 0.4) is 0 Å². The highest BCUT2D eigenvalue weighted by molar-refractivity contribution is 5.96. The molecule has 0 saturated heterocycles. The molecular weight excluding hydrogens is 536 g/mol. The summed E-state index contributed by atoms with van der Waals surface area (Å²) in [6.07, 6.45) is 15.6. The lowest BCUT2D eigenvalue weighted by molar-refractivity contribution is -0.120. The van der Waals surface area contributed by atoms with E-state index in [1.807, 2.05) is 36.4 Å². The van der Waals surface area contributed by atoms with Crippen molar-refractivity contribution in [3.05, 3.63) is 101 Å². The molecule has 222 valence electrons. The number of aromatic nitrogens is 1. The van der Waals surface area contributed by atoms with Gasteiger partial charge >= 0.3 is 6.09 Å². The van der Waals surface area contributed by atoms with E-state index in [1.165, 1.54) is 17.5 Å². The third kappa shape index (κ3) is 8.14. The van der Waals surface area contributed by atoms with Crippen LogP contribution in [-0.4, -0.2) is 40.6 Å². The normalized spacial score (nSPS) is 16.6. The zero-order valence-corrected chi connectivity index (χ0v) is 25.8. The standard InChI is InChI=1S/C36H40N4O3/c1-7-26(23-29-14-10-11-15-31(29)37)30-19-21-33(39-34(41)24(2)40(6)35(42)43-36(3,4)5)38-32(30)20-17-25-16-18-27-12-8-9-13-28(27)22-25/h8-16,18-19,21,23-24,28H,7,22,37H2,1-6H3,(H,38,39,41)/b26-23+. The van der Waals surface area contributed by atoms with Crippen molar-refractivity contribution in [3.8, 4) is 11.8 Å². The molecule has 1 heterocycles. The average molecular weight is 577 g/mol. The molecule has 2 atom stereocenters. The highest BCUT2D eigenvalue weighted by Crippen LogP contribution is 2.30. The maximum absolute atomic E-state index is 13.1. The SMILES string of the molecule is CC/C(=C\c1ccccc1N)c1ccc(NC(=O)C(C)N(C)C(=O)OC(C)(C)C)nc1C#CC1=CC=C2C=CC=CC2C1. The van der Waals surface area contributed by atoms with Gasteiger partial charge in [0.2, 0.25) is 5.91 Å². The third-order valence-corrected chi connectivity index (χ3v) is 7.27. The number of likely N-dealkylation sites (N-methyl/N-ethyl adjacent to an activating group) is 1. The molecular formula is C36H40N4O3. The molecule has 0 aliphatic heterocycles. The van der Waals surface area contributed by atoms with Gasteiger partial charge in [-0.3, -0.25) is 9.69 Å². The zero-order chi connectivity index (χ0) is 31.1. The van der Waals surface area contributed by atoms with Crippen LogP contribution in [0.5, 0.6) is 0 Å². The van der Waals surface area contributed by atoms with Crippen molar-refractivity contribution in [3.63, 3.8) is 0 Å². The van der Waals surface area contributed by atoms with Gasteiger partial charge in [-0.05, 0) is 87.4 Å². The first-order valence-corrected chi connectivity index (χ1v) is 14.6. The second-order valence-corrected chi connectivity index (χ2v) is 11.7. The lowest BCUT2D eigenvalue weighted by Crippen LogP contribution is -2.45. The van der Waals surface area contributed by atoms with Gasteiger partial charge in [0.15, 0.2) is 0 Å². The van der Waals surface area contributed by atoms with Gasteiger partial charge in [-0.15, -0.1) is 0 Å². The molecule has 0 saturated carbocycles. The maximum Gasteiger partial charge on any atom is 0.410 e. The molecule has 4 rings (SSSR count). The Labute approximate surface area is 254 Å². The van der Waals surface area contributed by atoms with Gasteiger partial charge in [0, 0.05) is 29.8 Å². The molecule has 0 spiro atoms. The predicted molar refractivity (Wildman–Crippen MR) is 175 cm³/mol. The number of nitrogens with two attached hydrogens (primary N) is 1. The monoisotopic (exact) mass is 576 g/mol. The number of carbonyl (C=O) groups excluding carboxylic acids is 2. The minimum Gasteiger partial charge on any atom is -0.444 e. The fourth-order valence-corrected chi connectivity index (χ4v) is 4.68. The van der Waals surface area contributed by atoms with Gasteiger partial charge in [0.25, 0.3) is 0 Å². The Kier molecular flexibility index (Phi) is 9.72. The van der Waals surface area contributed by atoms with Crippen LogP contribution in [0.2, 0.25) is 0 Å². The fourth-order valence-electron chi connectivity index (χ4n) is 4.68. The molecule has 0 radical (unpaired) electrons. The summed E-state index contributed by atoms with van der Waals surface area (Å²) in [5.41, 5.74) is 11.9. The summed E-state index contributed by atoms with van der Waals surface area (Å²) in [7, 11) is 1.54. The van der Waals surface area contributed by atoms with Gasteiger partial charge in [-0.2, -0.15) is 0 Å². The van der Waals surface area contributed by atoms with Crippen molar-refractivity contribution in [1.82, 2.24) is 9.88 Å². The van der Waals surface area contributed by atoms with E-state index in [2.05, 4.69) is 60.5 Å². The van der Waals surface area contributed by atoms with Gasteiger partial charge in [-0.25, -0.2) is 9.78 Å². The highest BCUT2D eigenvalue weighted by Gasteiger charge is 2.27. The van der Waals surface area contributed by atoms with Crippen LogP contribution >= 0.6 is 0 Å². The predicted octanol–water partition coefficient (Wildman–Crippen LogP) is 7.16. The average Bonchev–Trinajstić information content (AvgIpc) is 2.98. The number of benzene rings is 1. The molecule has 7 nitrogen and oxygen atoms in total. The molecule has 2 amide bonds. The first kappa shape index (κ1) is 31.1. The first-order chi connectivity index (χ1) is 20.4. The number of carbonyl (C=O) groups is 2. The maximum atomic E-state index is 13.1. The molecule has 3 N–H and O–H groups in total. The number of ether oxygens (including phenoxy) is 1. The number of pyridine rings is 1. The summed E-state index contributed by atoms with van der Waals surface area (Å²) < 4.78 is 5.42. The smallest absolute Gasteiger partial charge is 0.410 e. The molecule has 1 aromatic carbocycles. The Hall–Kier alpha value is -4.83. The van der Waals surface area contributed by atoms with Crippen LogP contribution in [0.25, 0.3) is 11.6 Å². The van der Waals surface area contributed by atoms with E-state index in [0.717, 1.165) is 35.1 Å². The minimum atomic E-state index is -0.788. The van der Waals surface area contributed by atoms with E-state index in [4.69, 9.17) is 15.5 Å². The summed E-state index contributed by atoms with van der Waals surface area (Å²) >= 11 is 0. The van der Waals surface area contributed by atoms with Gasteiger partial charge < -0.3 is 15.8 Å². The van der Waals surface area contributed by atoms with E-state index in [9.17, 15) is 9.59 Å². The Morgan fingerprint density at radius 1 is 1.16 bits per heavy atom. The minimum absolute atomic E-state index is 0.313. The van der Waals surface area contributed by atoms with Crippen molar-refractivity contribution in [2.45, 2.75) is 59.1 Å². The number of nitrogens with zero attached hydrogens (tertiary/aromatic N) is 2. The van der Waals surface area contributed by atoms with Crippen LogP contribution < -0.4 is 11.1 Å². The number of rotatable bonds is 6. The van der Waals surface area contributed by atoms with E-state index < -0.39 is 17.7 Å². The Bertz CT molecular complexity index is 1610. The fraction of sp³-hybridized carbons (Fsp3) is 0.306. The number of nitrogens with one attached hydrogen (secondary N) is 1. The third-order valence-electron chi connectivity index (χ3n) is 7.27. The molecule has 2 unspecified atom stereocenters. The van der Waals surface area contributed by atoms with Gasteiger partial charge in [-0.1, -0.05) is 67.5 Å². The number of allylic oxidation sites excluding steroid dienone is 9. The van der Waals surface area contributed by atoms with E-state index in [-0.39, 0.29) is 5.91 Å². The Morgan fingerprint density at radius 2 is 1.93 bits per heavy atom. The summed E-state index contributed by atoms with van der Waals surface area (Å²) in [6, 6.07) is 10.6. The second kappa shape index (κ2) is 13.4. The second-order valence-electron chi connectivity index (χ2n) is 11.7. The number of hydrogen-bond acceptors (Lipinski definition) is 5. The van der Waals surface area contributed by atoms with Gasteiger partial charge in [0.05, 0.1) is 0 Å². The number of hydrogen-bond donors (Lipinski definition) is 2. The van der Waals surface area contributed by atoms with Crippen molar-refractivity contribution < 1.29 is 14.3 Å². The van der Waals surface area contributed by atoms with E-state index >= 15 is 0 Å². The van der Waals surface area contributed by atoms with Gasteiger partial charge in [0.1, 0.15) is 23.2 Å². The van der Waals surface area contributed by atoms with Crippen LogP contribution in [-0.2, 0) is 9.53 Å². The molecule has 7 heteroatoms. The first-order valence-electron chi connectivity index (χ1n) is 14.6. The van der Waals surface area contributed by atoms with Crippen LogP contribution in [0.1, 0.15) is 64.3 Å². The Balaban J connectivity index is 1.66. The molecule has 2 aliphatic rings. The molecule has 43 heavy (non-hydrogen) atoms. The number of para-hydroxylation sites is 1.